The second-order valence-corrected chi connectivity index (χ2v) is 5.38. The fourth-order valence-corrected chi connectivity index (χ4v) is 2.72. The van der Waals surface area contributed by atoms with Gasteiger partial charge in [0, 0.05) is 18.3 Å². The van der Waals surface area contributed by atoms with E-state index in [0.717, 1.165) is 18.5 Å². The number of hydrogen-bond acceptors (Lipinski definition) is 2. The second-order valence-electron chi connectivity index (χ2n) is 5.38. The minimum atomic E-state index is -0.299. The van der Waals surface area contributed by atoms with Crippen LogP contribution in [0.5, 0.6) is 0 Å². The molecule has 112 valence electrons. The van der Waals surface area contributed by atoms with Crippen molar-refractivity contribution in [2.45, 2.75) is 19.9 Å². The molecule has 2 aromatic carbocycles. The molecule has 0 radical (unpaired) electrons. The Labute approximate surface area is 130 Å². The van der Waals surface area contributed by atoms with Gasteiger partial charge in [0.25, 0.3) is 0 Å². The summed E-state index contributed by atoms with van der Waals surface area (Å²) in [5.74, 6) is -0.299. The van der Waals surface area contributed by atoms with Gasteiger partial charge in [-0.05, 0) is 53.3 Å². The average molecular weight is 293 g/mol. The van der Waals surface area contributed by atoms with Crippen molar-refractivity contribution in [3.63, 3.8) is 0 Å². The molecule has 0 unspecified atom stereocenters. The topological polar surface area (TPSA) is 31.2 Å². The van der Waals surface area contributed by atoms with Crippen molar-refractivity contribution in [3.8, 4) is 0 Å². The van der Waals surface area contributed by atoms with Gasteiger partial charge in [-0.25, -0.2) is 4.79 Å². The third-order valence-corrected chi connectivity index (χ3v) is 3.94. The van der Waals surface area contributed by atoms with Crippen LogP contribution in [-0.4, -0.2) is 17.6 Å². The Morgan fingerprint density at radius 2 is 1.95 bits per heavy atom. The van der Waals surface area contributed by atoms with E-state index in [0.29, 0.717) is 5.56 Å². The van der Waals surface area contributed by atoms with Gasteiger partial charge in [0.2, 0.25) is 0 Å². The molecule has 0 aliphatic rings. The van der Waals surface area contributed by atoms with Gasteiger partial charge in [-0.3, -0.25) is 0 Å². The van der Waals surface area contributed by atoms with Gasteiger partial charge in [0.1, 0.15) is 0 Å². The number of carbonyl (C=O) groups is 1. The third-order valence-electron chi connectivity index (χ3n) is 3.94. The molecule has 0 aliphatic carbocycles. The Morgan fingerprint density at radius 1 is 1.09 bits per heavy atom. The Hall–Kier alpha value is -2.55. The summed E-state index contributed by atoms with van der Waals surface area (Å²) >= 11 is 0. The molecule has 3 aromatic rings. The second kappa shape index (κ2) is 6.06. The number of nitrogens with zero attached hydrogens (tertiary/aromatic N) is 1. The molecular formula is C19H19NO2. The number of aryl methyl sites for hydroxylation is 1. The van der Waals surface area contributed by atoms with Gasteiger partial charge in [-0.15, -0.1) is 0 Å². The highest BCUT2D eigenvalue weighted by molar-refractivity contribution is 5.89. The lowest BCUT2D eigenvalue weighted by Gasteiger charge is -2.08. The summed E-state index contributed by atoms with van der Waals surface area (Å²) in [5, 5.41) is 1.25. The van der Waals surface area contributed by atoms with Crippen molar-refractivity contribution in [2.24, 2.45) is 0 Å². The summed E-state index contributed by atoms with van der Waals surface area (Å²) in [6.07, 6.45) is 3.14. The van der Waals surface area contributed by atoms with Crippen LogP contribution in [0.25, 0.3) is 10.9 Å². The zero-order chi connectivity index (χ0) is 15.5. The molecule has 0 amide bonds. The van der Waals surface area contributed by atoms with Crippen LogP contribution < -0.4 is 0 Å². The van der Waals surface area contributed by atoms with Crippen LogP contribution in [0, 0.1) is 0 Å². The lowest BCUT2D eigenvalue weighted by Crippen LogP contribution is -2.03. The van der Waals surface area contributed by atoms with E-state index in [-0.39, 0.29) is 5.97 Å². The molecule has 3 nitrogen and oxygen atoms in total. The number of fused-ring (bicyclic) bond motifs is 1. The normalized spacial score (nSPS) is 10.8. The molecule has 1 heterocycles. The van der Waals surface area contributed by atoms with Gasteiger partial charge in [-0.1, -0.05) is 25.1 Å². The average Bonchev–Trinajstić information content (AvgIpc) is 2.96. The molecule has 0 N–H and O–H groups in total. The van der Waals surface area contributed by atoms with Gasteiger partial charge in [0.05, 0.1) is 12.7 Å². The van der Waals surface area contributed by atoms with E-state index < -0.39 is 0 Å². The van der Waals surface area contributed by atoms with E-state index in [9.17, 15) is 4.79 Å². The van der Waals surface area contributed by atoms with E-state index in [1.165, 1.54) is 23.6 Å². The van der Waals surface area contributed by atoms with E-state index in [1.807, 2.05) is 18.2 Å². The number of benzene rings is 2. The Kier molecular flexibility index (Phi) is 3.96. The van der Waals surface area contributed by atoms with Crippen LogP contribution in [0.4, 0.5) is 0 Å². The lowest BCUT2D eigenvalue weighted by molar-refractivity contribution is 0.0600. The van der Waals surface area contributed by atoms with Crippen molar-refractivity contribution in [2.75, 3.05) is 7.11 Å². The predicted molar refractivity (Wildman–Crippen MR) is 88.2 cm³/mol. The summed E-state index contributed by atoms with van der Waals surface area (Å²) in [7, 11) is 1.40. The molecular weight excluding hydrogens is 274 g/mol. The third kappa shape index (κ3) is 2.75. The molecule has 22 heavy (non-hydrogen) atoms. The quantitative estimate of drug-likeness (QED) is 0.680. The maximum Gasteiger partial charge on any atom is 0.337 e. The Morgan fingerprint density at radius 3 is 2.73 bits per heavy atom. The van der Waals surface area contributed by atoms with Crippen molar-refractivity contribution >= 4 is 16.9 Å². The largest absolute Gasteiger partial charge is 0.465 e. The number of ether oxygens (including phenoxy) is 1. The molecule has 0 aliphatic heterocycles. The van der Waals surface area contributed by atoms with Crippen LogP contribution in [0.1, 0.15) is 28.4 Å². The van der Waals surface area contributed by atoms with Crippen LogP contribution in [0.15, 0.2) is 54.7 Å². The SMILES string of the molecule is CCc1ccc2c(ccn2Cc2cccc(C(=O)OC)c2)c1. The molecule has 1 aromatic heterocycles. The number of aromatic nitrogens is 1. The molecule has 0 fully saturated rings. The monoisotopic (exact) mass is 293 g/mol. The summed E-state index contributed by atoms with van der Waals surface area (Å²) in [5.41, 5.74) is 4.23. The highest BCUT2D eigenvalue weighted by Gasteiger charge is 2.07. The first-order valence-corrected chi connectivity index (χ1v) is 7.46. The standard InChI is InChI=1S/C19H19NO2/c1-3-14-7-8-18-16(11-14)9-10-20(18)13-15-5-4-6-17(12-15)19(21)22-2/h4-12H,3,13H2,1-2H3. The summed E-state index contributed by atoms with van der Waals surface area (Å²) < 4.78 is 6.98. The fourth-order valence-electron chi connectivity index (χ4n) is 2.72. The first-order chi connectivity index (χ1) is 10.7. The van der Waals surface area contributed by atoms with Gasteiger partial charge in [-0.2, -0.15) is 0 Å². The van der Waals surface area contributed by atoms with Crippen molar-refractivity contribution in [3.05, 3.63) is 71.4 Å². The van der Waals surface area contributed by atoms with Crippen molar-refractivity contribution in [1.29, 1.82) is 0 Å². The Balaban J connectivity index is 1.91. The molecule has 0 spiro atoms. The predicted octanol–water partition coefficient (Wildman–Crippen LogP) is 4.04. The van der Waals surface area contributed by atoms with Crippen LogP contribution in [-0.2, 0) is 17.7 Å². The van der Waals surface area contributed by atoms with Gasteiger partial charge < -0.3 is 9.30 Å². The molecule has 3 rings (SSSR count). The maximum atomic E-state index is 11.6. The molecule has 0 saturated heterocycles. The number of carbonyl (C=O) groups excluding carboxylic acids is 1. The molecule has 0 saturated carbocycles. The fraction of sp³-hybridized carbons (Fsp3) is 0.211. The number of esters is 1. The first-order valence-electron chi connectivity index (χ1n) is 7.46. The van der Waals surface area contributed by atoms with Crippen LogP contribution >= 0.6 is 0 Å². The molecule has 0 atom stereocenters. The van der Waals surface area contributed by atoms with E-state index in [1.54, 1.807) is 6.07 Å². The highest BCUT2D eigenvalue weighted by Crippen LogP contribution is 2.20. The molecule has 3 heteroatoms. The minimum Gasteiger partial charge on any atom is -0.465 e. The number of methoxy groups -OCH3 is 1. The number of rotatable bonds is 4. The zero-order valence-corrected chi connectivity index (χ0v) is 12.9. The molecule has 0 bridgehead atoms. The van der Waals surface area contributed by atoms with Crippen LogP contribution in [0.2, 0.25) is 0 Å². The van der Waals surface area contributed by atoms with Crippen molar-refractivity contribution < 1.29 is 9.53 Å². The minimum absolute atomic E-state index is 0.299. The maximum absolute atomic E-state index is 11.6. The van der Waals surface area contributed by atoms with E-state index in [4.69, 9.17) is 4.74 Å². The summed E-state index contributed by atoms with van der Waals surface area (Å²) in [6, 6.07) is 16.3. The van der Waals surface area contributed by atoms with Crippen molar-refractivity contribution in [1.82, 2.24) is 4.57 Å². The summed E-state index contributed by atoms with van der Waals surface area (Å²) in [4.78, 5) is 11.6. The zero-order valence-electron chi connectivity index (χ0n) is 12.9. The number of hydrogen-bond donors (Lipinski definition) is 0. The summed E-state index contributed by atoms with van der Waals surface area (Å²) in [6.45, 7) is 2.90. The van der Waals surface area contributed by atoms with Gasteiger partial charge in [0.15, 0.2) is 0 Å². The van der Waals surface area contributed by atoms with E-state index in [2.05, 4.69) is 42.0 Å². The van der Waals surface area contributed by atoms with Gasteiger partial charge >= 0.3 is 5.97 Å². The van der Waals surface area contributed by atoms with Crippen LogP contribution in [0.3, 0.4) is 0 Å². The highest BCUT2D eigenvalue weighted by atomic mass is 16.5. The van der Waals surface area contributed by atoms with E-state index >= 15 is 0 Å². The first kappa shape index (κ1) is 14.4. The smallest absolute Gasteiger partial charge is 0.337 e. The lowest BCUT2D eigenvalue weighted by atomic mass is 10.1. The Bertz CT molecular complexity index is 817.